The first-order chi connectivity index (χ1) is 10.1. The number of aromatic nitrogens is 2. The van der Waals surface area contributed by atoms with E-state index in [1.807, 2.05) is 0 Å². The number of carbonyl (C=O) groups excluding carboxylic acids is 1. The smallest absolute Gasteiger partial charge is 0.325 e. The summed E-state index contributed by atoms with van der Waals surface area (Å²) in [5.41, 5.74) is 0. The lowest BCUT2D eigenvalue weighted by atomic mass is 9.85. The fraction of sp³-hybridized carbons (Fsp3) is 0.667. The zero-order valence-corrected chi connectivity index (χ0v) is 12.0. The monoisotopic (exact) mass is 291 g/mol. The van der Waals surface area contributed by atoms with Gasteiger partial charge in [-0.2, -0.15) is 5.10 Å². The van der Waals surface area contributed by atoms with Crippen LogP contribution in [0, 0.1) is 17.8 Å². The lowest BCUT2D eigenvalue weighted by Gasteiger charge is -2.21. The molecule has 2 atom stereocenters. The first kappa shape index (κ1) is 14.1. The number of carboxylic acids is 1. The fourth-order valence-corrected chi connectivity index (χ4v) is 3.47. The summed E-state index contributed by atoms with van der Waals surface area (Å²) in [7, 11) is 0. The zero-order chi connectivity index (χ0) is 14.8. The maximum Gasteiger partial charge on any atom is 0.325 e. The summed E-state index contributed by atoms with van der Waals surface area (Å²) in [6, 6.07) is 1.64. The van der Waals surface area contributed by atoms with E-state index in [1.165, 1.54) is 36.8 Å². The first-order valence-corrected chi connectivity index (χ1v) is 7.69. The lowest BCUT2D eigenvalue weighted by molar-refractivity contribution is -0.137. The number of carbonyl (C=O) groups is 2. The molecule has 3 rings (SSSR count). The molecule has 0 spiro atoms. The van der Waals surface area contributed by atoms with Crippen LogP contribution in [0.25, 0.3) is 0 Å². The van der Waals surface area contributed by atoms with Gasteiger partial charge in [0.05, 0.1) is 0 Å². The Morgan fingerprint density at radius 2 is 2.10 bits per heavy atom. The van der Waals surface area contributed by atoms with Gasteiger partial charge in [-0.1, -0.05) is 32.1 Å². The Kier molecular flexibility index (Phi) is 3.94. The Labute approximate surface area is 123 Å². The molecular weight excluding hydrogens is 270 g/mol. The van der Waals surface area contributed by atoms with Gasteiger partial charge in [-0.25, -0.2) is 0 Å². The van der Waals surface area contributed by atoms with E-state index in [2.05, 4.69) is 10.4 Å². The van der Waals surface area contributed by atoms with Gasteiger partial charge in [0.25, 0.3) is 0 Å². The molecule has 0 radical (unpaired) electrons. The zero-order valence-electron chi connectivity index (χ0n) is 12.0. The van der Waals surface area contributed by atoms with Crippen molar-refractivity contribution in [2.75, 3.05) is 5.32 Å². The lowest BCUT2D eigenvalue weighted by Crippen LogP contribution is -2.18. The molecule has 1 heterocycles. The minimum Gasteiger partial charge on any atom is -0.480 e. The number of rotatable bonds is 5. The minimum absolute atomic E-state index is 0.0335. The van der Waals surface area contributed by atoms with E-state index in [0.717, 1.165) is 12.3 Å². The number of hydrogen-bond donors (Lipinski definition) is 2. The van der Waals surface area contributed by atoms with E-state index in [4.69, 9.17) is 5.11 Å². The highest BCUT2D eigenvalue weighted by Crippen LogP contribution is 2.49. The Bertz CT molecular complexity index is 534. The number of nitrogens with zero attached hydrogens (tertiary/aromatic N) is 2. The molecule has 1 aromatic rings. The molecule has 0 aliphatic heterocycles. The second-order valence-electron chi connectivity index (χ2n) is 6.19. The van der Waals surface area contributed by atoms with E-state index in [1.54, 1.807) is 12.3 Å². The van der Waals surface area contributed by atoms with Crippen molar-refractivity contribution in [3.05, 3.63) is 12.3 Å². The number of aliphatic carboxylic acids is 1. The Balaban J connectivity index is 1.50. The average molecular weight is 291 g/mol. The molecule has 0 unspecified atom stereocenters. The predicted octanol–water partition coefficient (Wildman–Crippen LogP) is 2.12. The average Bonchev–Trinajstić information content (AvgIpc) is 3.16. The molecule has 2 aliphatic carbocycles. The van der Waals surface area contributed by atoms with Crippen LogP contribution in [0.1, 0.15) is 38.5 Å². The third-order valence-corrected chi connectivity index (χ3v) is 4.62. The van der Waals surface area contributed by atoms with E-state index >= 15 is 0 Å². The van der Waals surface area contributed by atoms with E-state index in [0.29, 0.717) is 11.7 Å². The summed E-state index contributed by atoms with van der Waals surface area (Å²) in [5, 5.41) is 15.5. The van der Waals surface area contributed by atoms with Crippen LogP contribution in [0.3, 0.4) is 0 Å². The molecule has 1 aromatic heterocycles. The van der Waals surface area contributed by atoms with Crippen molar-refractivity contribution in [2.24, 2.45) is 17.8 Å². The second-order valence-corrected chi connectivity index (χ2v) is 6.19. The number of nitrogens with one attached hydrogen (secondary N) is 1. The fourth-order valence-electron chi connectivity index (χ4n) is 3.47. The molecule has 21 heavy (non-hydrogen) atoms. The number of anilines is 1. The Hall–Kier alpha value is -1.85. The van der Waals surface area contributed by atoms with Gasteiger partial charge in [-0.05, 0) is 18.3 Å². The van der Waals surface area contributed by atoms with Gasteiger partial charge in [0.2, 0.25) is 5.91 Å². The molecule has 114 valence electrons. The third kappa shape index (κ3) is 3.43. The van der Waals surface area contributed by atoms with E-state index in [-0.39, 0.29) is 18.4 Å². The molecule has 2 N–H and O–H groups in total. The molecule has 2 aliphatic rings. The summed E-state index contributed by atoms with van der Waals surface area (Å²) in [6.07, 6.45) is 9.02. The summed E-state index contributed by atoms with van der Waals surface area (Å²) < 4.78 is 1.31. The van der Waals surface area contributed by atoms with Crippen molar-refractivity contribution in [1.82, 2.24) is 9.78 Å². The van der Waals surface area contributed by atoms with E-state index < -0.39 is 5.97 Å². The van der Waals surface area contributed by atoms with Crippen molar-refractivity contribution >= 4 is 17.7 Å². The van der Waals surface area contributed by atoms with Gasteiger partial charge in [-0.15, -0.1) is 0 Å². The number of hydrogen-bond acceptors (Lipinski definition) is 3. The Morgan fingerprint density at radius 1 is 1.33 bits per heavy atom. The third-order valence-electron chi connectivity index (χ3n) is 4.62. The van der Waals surface area contributed by atoms with Crippen LogP contribution >= 0.6 is 0 Å². The van der Waals surface area contributed by atoms with Gasteiger partial charge in [0.1, 0.15) is 6.54 Å². The predicted molar refractivity (Wildman–Crippen MR) is 76.7 cm³/mol. The van der Waals surface area contributed by atoms with Gasteiger partial charge in [0, 0.05) is 18.2 Å². The second kappa shape index (κ2) is 5.87. The van der Waals surface area contributed by atoms with Crippen molar-refractivity contribution in [3.8, 4) is 0 Å². The molecule has 2 saturated carbocycles. The molecule has 0 saturated heterocycles. The van der Waals surface area contributed by atoms with E-state index in [9.17, 15) is 9.59 Å². The van der Waals surface area contributed by atoms with Gasteiger partial charge in [0.15, 0.2) is 5.82 Å². The SMILES string of the molecule is O=C(O)Cn1ccc(NC(=O)[C@@H]2C[C@H]2C2CCCCC2)n1. The van der Waals surface area contributed by atoms with Crippen LogP contribution in [-0.4, -0.2) is 26.8 Å². The maximum absolute atomic E-state index is 12.2. The number of carboxylic acid groups (broad SMARTS) is 1. The molecule has 0 bridgehead atoms. The highest BCUT2D eigenvalue weighted by atomic mass is 16.4. The molecule has 1 amide bonds. The standard InChI is InChI=1S/C15H21N3O3/c19-14(20)9-18-7-6-13(17-18)16-15(21)12-8-11(12)10-4-2-1-3-5-10/h6-7,10-12H,1-5,8-9H2,(H,19,20)(H,16,17,21)/t11-,12+/m0/s1. The van der Waals surface area contributed by atoms with Crippen LogP contribution in [0.2, 0.25) is 0 Å². The van der Waals surface area contributed by atoms with Gasteiger partial charge >= 0.3 is 5.97 Å². The van der Waals surface area contributed by atoms with Crippen molar-refractivity contribution in [2.45, 2.75) is 45.1 Å². The largest absolute Gasteiger partial charge is 0.480 e. The summed E-state index contributed by atoms with van der Waals surface area (Å²) in [5.74, 6) is 0.917. The normalized spacial score (nSPS) is 25.5. The maximum atomic E-state index is 12.2. The quantitative estimate of drug-likeness (QED) is 0.870. The topological polar surface area (TPSA) is 84.2 Å². The summed E-state index contributed by atoms with van der Waals surface area (Å²) >= 11 is 0. The van der Waals surface area contributed by atoms with Crippen molar-refractivity contribution < 1.29 is 14.7 Å². The van der Waals surface area contributed by atoms with Crippen LogP contribution in [0.15, 0.2) is 12.3 Å². The highest BCUT2D eigenvalue weighted by Gasteiger charge is 2.47. The molecule has 6 nitrogen and oxygen atoms in total. The minimum atomic E-state index is -0.949. The highest BCUT2D eigenvalue weighted by molar-refractivity contribution is 5.93. The molecule has 2 fully saturated rings. The first-order valence-electron chi connectivity index (χ1n) is 7.69. The van der Waals surface area contributed by atoms with Gasteiger partial charge in [-0.3, -0.25) is 14.3 Å². The van der Waals surface area contributed by atoms with Crippen molar-refractivity contribution in [3.63, 3.8) is 0 Å². The van der Waals surface area contributed by atoms with Crippen LogP contribution in [-0.2, 0) is 16.1 Å². The molecule has 0 aromatic carbocycles. The molecule has 6 heteroatoms. The van der Waals surface area contributed by atoms with Crippen LogP contribution in [0.5, 0.6) is 0 Å². The molecular formula is C15H21N3O3. The van der Waals surface area contributed by atoms with Crippen molar-refractivity contribution in [1.29, 1.82) is 0 Å². The van der Waals surface area contributed by atoms with Crippen LogP contribution < -0.4 is 5.32 Å². The number of amides is 1. The van der Waals surface area contributed by atoms with Gasteiger partial charge < -0.3 is 10.4 Å². The van der Waals surface area contributed by atoms with Crippen LogP contribution in [0.4, 0.5) is 5.82 Å². The summed E-state index contributed by atoms with van der Waals surface area (Å²) in [6.45, 7) is -0.190. The summed E-state index contributed by atoms with van der Waals surface area (Å²) in [4.78, 5) is 22.8. The Morgan fingerprint density at radius 3 is 2.81 bits per heavy atom.